The fourth-order valence-corrected chi connectivity index (χ4v) is 2.15. The van der Waals surface area contributed by atoms with Gasteiger partial charge in [-0.1, -0.05) is 6.07 Å². The molecule has 0 aliphatic carbocycles. The van der Waals surface area contributed by atoms with Crippen molar-refractivity contribution < 1.29 is 9.21 Å². The normalized spacial score (nSPS) is 10.3. The number of nitrogens with zero attached hydrogens (tertiary/aromatic N) is 3. The van der Waals surface area contributed by atoms with Gasteiger partial charge in [-0.2, -0.15) is 0 Å². The number of pyridine rings is 1. The van der Waals surface area contributed by atoms with Crippen LogP contribution in [0.2, 0.25) is 0 Å². The molecule has 3 N–H and O–H groups in total. The van der Waals surface area contributed by atoms with Crippen LogP contribution in [0.25, 0.3) is 0 Å². The van der Waals surface area contributed by atoms with E-state index < -0.39 is 0 Å². The molecule has 8 nitrogen and oxygen atoms in total. The minimum Gasteiger partial charge on any atom is -0.472 e. The molecule has 8 heteroatoms. The van der Waals surface area contributed by atoms with E-state index in [0.717, 1.165) is 0 Å². The molecule has 3 aromatic heterocycles. The third-order valence-electron chi connectivity index (χ3n) is 3.26. The van der Waals surface area contributed by atoms with E-state index in [1.54, 1.807) is 18.3 Å². The van der Waals surface area contributed by atoms with Crippen LogP contribution < -0.4 is 16.0 Å². The second-order valence-electron chi connectivity index (χ2n) is 5.22. The van der Waals surface area contributed by atoms with Gasteiger partial charge in [0, 0.05) is 25.4 Å². The average molecular weight is 338 g/mol. The molecule has 3 aromatic rings. The molecule has 0 unspecified atom stereocenters. The van der Waals surface area contributed by atoms with Crippen molar-refractivity contribution in [1.82, 2.24) is 20.3 Å². The zero-order valence-electron chi connectivity index (χ0n) is 13.7. The number of hydrogen-bond donors (Lipinski definition) is 3. The van der Waals surface area contributed by atoms with Crippen LogP contribution in [0.5, 0.6) is 0 Å². The van der Waals surface area contributed by atoms with Crippen LogP contribution in [0.4, 0.5) is 17.5 Å². The van der Waals surface area contributed by atoms with Gasteiger partial charge >= 0.3 is 0 Å². The number of rotatable bonds is 7. The molecular formula is C17H18N6O2. The molecule has 128 valence electrons. The molecule has 0 radical (unpaired) electrons. The van der Waals surface area contributed by atoms with Gasteiger partial charge in [-0.15, -0.1) is 0 Å². The standard InChI is InChI=1S/C17H18N6O2/c1-12-21-15(10-16(22-12)23-14-4-2-3-6-18-14)19-7-8-20-17(24)13-5-9-25-11-13/h2-6,9-11H,7-8H2,1H3,(H,20,24)(H2,18,19,21,22,23). The molecule has 1 amide bonds. The fourth-order valence-electron chi connectivity index (χ4n) is 2.15. The lowest BCUT2D eigenvalue weighted by Crippen LogP contribution is -2.28. The molecule has 3 heterocycles. The Morgan fingerprint density at radius 3 is 2.76 bits per heavy atom. The largest absolute Gasteiger partial charge is 0.472 e. The Morgan fingerprint density at radius 2 is 2.00 bits per heavy atom. The maximum absolute atomic E-state index is 11.8. The highest BCUT2D eigenvalue weighted by atomic mass is 16.3. The zero-order valence-corrected chi connectivity index (χ0v) is 13.7. The predicted octanol–water partition coefficient (Wildman–Crippen LogP) is 2.36. The second-order valence-corrected chi connectivity index (χ2v) is 5.22. The van der Waals surface area contributed by atoms with Crippen LogP contribution in [-0.2, 0) is 0 Å². The molecule has 0 saturated carbocycles. The van der Waals surface area contributed by atoms with E-state index in [-0.39, 0.29) is 5.91 Å². The topological polar surface area (TPSA) is 105 Å². The summed E-state index contributed by atoms with van der Waals surface area (Å²) in [5, 5.41) is 9.09. The summed E-state index contributed by atoms with van der Waals surface area (Å²) in [5.41, 5.74) is 0.500. The number of amides is 1. The number of carbonyl (C=O) groups is 1. The van der Waals surface area contributed by atoms with E-state index in [4.69, 9.17) is 4.42 Å². The van der Waals surface area contributed by atoms with Gasteiger partial charge in [-0.05, 0) is 25.1 Å². The van der Waals surface area contributed by atoms with E-state index in [1.807, 2.05) is 25.1 Å². The summed E-state index contributed by atoms with van der Waals surface area (Å²) in [6.07, 6.45) is 4.58. The van der Waals surface area contributed by atoms with Gasteiger partial charge in [0.1, 0.15) is 29.5 Å². The fraction of sp³-hybridized carbons (Fsp3) is 0.176. The molecular weight excluding hydrogens is 320 g/mol. The van der Waals surface area contributed by atoms with Crippen LogP contribution in [0.1, 0.15) is 16.2 Å². The highest BCUT2D eigenvalue weighted by Gasteiger charge is 2.06. The van der Waals surface area contributed by atoms with Crippen LogP contribution in [-0.4, -0.2) is 33.9 Å². The van der Waals surface area contributed by atoms with E-state index in [0.29, 0.717) is 41.9 Å². The molecule has 0 bridgehead atoms. The van der Waals surface area contributed by atoms with E-state index in [2.05, 4.69) is 30.9 Å². The minimum atomic E-state index is -0.174. The number of hydrogen-bond acceptors (Lipinski definition) is 7. The minimum absolute atomic E-state index is 0.174. The maximum atomic E-state index is 11.8. The summed E-state index contributed by atoms with van der Waals surface area (Å²) in [5.74, 6) is 2.48. The number of furan rings is 1. The first-order valence-electron chi connectivity index (χ1n) is 7.79. The first-order chi connectivity index (χ1) is 12.2. The maximum Gasteiger partial charge on any atom is 0.254 e. The monoisotopic (exact) mass is 338 g/mol. The Kier molecular flexibility index (Phi) is 5.20. The number of aromatic nitrogens is 3. The SMILES string of the molecule is Cc1nc(NCCNC(=O)c2ccoc2)cc(Nc2ccccn2)n1. The molecule has 0 saturated heterocycles. The van der Waals surface area contributed by atoms with Crippen LogP contribution in [0.15, 0.2) is 53.5 Å². The Hall–Kier alpha value is -3.42. The average Bonchev–Trinajstić information content (AvgIpc) is 3.14. The highest BCUT2D eigenvalue weighted by Crippen LogP contribution is 2.15. The van der Waals surface area contributed by atoms with Crippen LogP contribution in [0, 0.1) is 6.92 Å². The van der Waals surface area contributed by atoms with Gasteiger partial charge in [-0.3, -0.25) is 4.79 Å². The lowest BCUT2D eigenvalue weighted by Gasteiger charge is -2.10. The summed E-state index contributed by atoms with van der Waals surface area (Å²) in [7, 11) is 0. The zero-order chi connectivity index (χ0) is 17.5. The van der Waals surface area contributed by atoms with Crippen LogP contribution in [0.3, 0.4) is 0 Å². The Morgan fingerprint density at radius 1 is 1.12 bits per heavy atom. The molecule has 25 heavy (non-hydrogen) atoms. The lowest BCUT2D eigenvalue weighted by atomic mass is 10.3. The van der Waals surface area contributed by atoms with Gasteiger partial charge in [-0.25, -0.2) is 15.0 Å². The highest BCUT2D eigenvalue weighted by molar-refractivity contribution is 5.93. The number of anilines is 3. The van der Waals surface area contributed by atoms with E-state index >= 15 is 0 Å². The number of carbonyl (C=O) groups excluding carboxylic acids is 1. The van der Waals surface area contributed by atoms with E-state index in [1.165, 1.54) is 12.5 Å². The van der Waals surface area contributed by atoms with Crippen LogP contribution >= 0.6 is 0 Å². The van der Waals surface area contributed by atoms with Crippen molar-refractivity contribution >= 4 is 23.4 Å². The molecule has 0 aromatic carbocycles. The summed E-state index contributed by atoms with van der Waals surface area (Å²) in [4.78, 5) is 24.7. The van der Waals surface area contributed by atoms with Crippen molar-refractivity contribution in [3.05, 3.63) is 60.4 Å². The Labute approximate surface area is 144 Å². The van der Waals surface area contributed by atoms with Crippen molar-refractivity contribution in [2.75, 3.05) is 23.7 Å². The number of nitrogens with one attached hydrogen (secondary N) is 3. The third kappa shape index (κ3) is 4.77. The van der Waals surface area contributed by atoms with E-state index in [9.17, 15) is 4.79 Å². The van der Waals surface area contributed by atoms with Crippen molar-refractivity contribution in [2.24, 2.45) is 0 Å². The van der Waals surface area contributed by atoms with Crippen molar-refractivity contribution in [3.8, 4) is 0 Å². The molecule has 0 aliphatic rings. The molecule has 0 spiro atoms. The molecule has 0 atom stereocenters. The summed E-state index contributed by atoms with van der Waals surface area (Å²) < 4.78 is 4.88. The Balaban J connectivity index is 1.53. The van der Waals surface area contributed by atoms with Gasteiger partial charge < -0.3 is 20.4 Å². The molecule has 0 aliphatic heterocycles. The Bertz CT molecular complexity index is 820. The van der Waals surface area contributed by atoms with Gasteiger partial charge in [0.25, 0.3) is 5.91 Å². The lowest BCUT2D eigenvalue weighted by molar-refractivity contribution is 0.0954. The van der Waals surface area contributed by atoms with Crippen molar-refractivity contribution in [1.29, 1.82) is 0 Å². The summed E-state index contributed by atoms with van der Waals surface area (Å²) in [6.45, 7) is 2.80. The number of aryl methyl sites for hydroxylation is 1. The quantitative estimate of drug-likeness (QED) is 0.568. The smallest absolute Gasteiger partial charge is 0.254 e. The van der Waals surface area contributed by atoms with Crippen molar-refractivity contribution in [3.63, 3.8) is 0 Å². The third-order valence-corrected chi connectivity index (χ3v) is 3.26. The first-order valence-corrected chi connectivity index (χ1v) is 7.79. The summed E-state index contributed by atoms with van der Waals surface area (Å²) in [6, 6.07) is 9.01. The van der Waals surface area contributed by atoms with Gasteiger partial charge in [0.2, 0.25) is 0 Å². The first kappa shape index (κ1) is 16.4. The molecule has 3 rings (SSSR count). The predicted molar refractivity (Wildman–Crippen MR) is 93.8 cm³/mol. The van der Waals surface area contributed by atoms with Gasteiger partial charge in [0.05, 0.1) is 11.8 Å². The van der Waals surface area contributed by atoms with Crippen molar-refractivity contribution in [2.45, 2.75) is 6.92 Å². The summed E-state index contributed by atoms with van der Waals surface area (Å²) >= 11 is 0. The second kappa shape index (κ2) is 7.91. The molecule has 0 fully saturated rings. The van der Waals surface area contributed by atoms with Gasteiger partial charge in [0.15, 0.2) is 0 Å².